The minimum atomic E-state index is -5.08. The van der Waals surface area contributed by atoms with Crippen LogP contribution in [0.3, 0.4) is 0 Å². The molecule has 3 rings (SSSR count). The summed E-state index contributed by atoms with van der Waals surface area (Å²) in [5.41, 5.74) is 4.72. The number of aliphatic carboxylic acids is 1. The molecule has 0 aliphatic rings. The van der Waals surface area contributed by atoms with E-state index in [0.29, 0.717) is 5.92 Å². The molecule has 1 heterocycles. The van der Waals surface area contributed by atoms with Crippen LogP contribution in [-0.4, -0.2) is 33.9 Å². The van der Waals surface area contributed by atoms with Crippen molar-refractivity contribution >= 4 is 21.9 Å². The van der Waals surface area contributed by atoms with E-state index in [0.717, 1.165) is 34.4 Å². The first-order valence-corrected chi connectivity index (χ1v) is 10.6. The summed E-state index contributed by atoms with van der Waals surface area (Å²) in [5.74, 6) is -1.41. The van der Waals surface area contributed by atoms with E-state index >= 15 is 0 Å². The molecule has 3 aromatic rings. The van der Waals surface area contributed by atoms with Gasteiger partial charge in [-0.05, 0) is 36.1 Å². The lowest BCUT2D eigenvalue weighted by atomic mass is 10.0. The molecule has 32 heavy (non-hydrogen) atoms. The highest BCUT2D eigenvalue weighted by atomic mass is 79.9. The van der Waals surface area contributed by atoms with Gasteiger partial charge in [0.2, 0.25) is 0 Å². The Kier molecular flexibility index (Phi) is 8.89. The van der Waals surface area contributed by atoms with Crippen molar-refractivity contribution in [1.82, 2.24) is 9.55 Å². The fourth-order valence-electron chi connectivity index (χ4n) is 3.16. The molecular formula is C23H24BrF3N2O3. The number of aromatic nitrogens is 2. The fourth-order valence-corrected chi connectivity index (χ4v) is 3.42. The number of alkyl halides is 3. The summed E-state index contributed by atoms with van der Waals surface area (Å²) < 4.78 is 40.6. The van der Waals surface area contributed by atoms with Gasteiger partial charge >= 0.3 is 12.1 Å². The van der Waals surface area contributed by atoms with Crippen molar-refractivity contribution in [3.63, 3.8) is 0 Å². The van der Waals surface area contributed by atoms with Gasteiger partial charge in [-0.25, -0.2) is 9.78 Å². The summed E-state index contributed by atoms with van der Waals surface area (Å²) in [5, 5.41) is 7.12. The number of imidazole rings is 1. The average Bonchev–Trinajstić information content (AvgIpc) is 3.17. The summed E-state index contributed by atoms with van der Waals surface area (Å²) >= 11 is 3.50. The van der Waals surface area contributed by atoms with E-state index < -0.39 is 12.1 Å². The second kappa shape index (κ2) is 11.2. The molecule has 0 bridgehead atoms. The van der Waals surface area contributed by atoms with E-state index in [4.69, 9.17) is 19.6 Å². The van der Waals surface area contributed by atoms with Gasteiger partial charge in [-0.1, -0.05) is 60.1 Å². The third-order valence-corrected chi connectivity index (χ3v) is 5.13. The number of methoxy groups -OCH3 is 1. The number of ether oxygens (including phenoxy) is 1. The Morgan fingerprint density at radius 1 is 1.16 bits per heavy atom. The Morgan fingerprint density at radius 3 is 2.28 bits per heavy atom. The normalized spacial score (nSPS) is 11.1. The van der Waals surface area contributed by atoms with Gasteiger partial charge in [0.1, 0.15) is 5.75 Å². The van der Waals surface area contributed by atoms with Gasteiger partial charge in [0.05, 0.1) is 19.1 Å². The monoisotopic (exact) mass is 512 g/mol. The second-order valence-corrected chi connectivity index (χ2v) is 8.11. The maximum absolute atomic E-state index is 10.6. The number of aryl methyl sites for hydroxylation is 2. The van der Waals surface area contributed by atoms with Gasteiger partial charge in [-0.2, -0.15) is 13.2 Å². The second-order valence-electron chi connectivity index (χ2n) is 7.20. The molecule has 0 saturated heterocycles. The molecule has 1 aromatic heterocycles. The minimum absolute atomic E-state index is 0.402. The Labute approximate surface area is 193 Å². The van der Waals surface area contributed by atoms with Crippen molar-refractivity contribution in [1.29, 1.82) is 0 Å². The third kappa shape index (κ3) is 6.85. The predicted octanol–water partition coefficient (Wildman–Crippen LogP) is 6.32. The number of nitrogens with zero attached hydrogens (tertiary/aromatic N) is 2. The molecule has 0 fully saturated rings. The zero-order valence-corrected chi connectivity index (χ0v) is 19.4. The van der Waals surface area contributed by atoms with E-state index in [-0.39, 0.29) is 0 Å². The molecule has 0 aliphatic heterocycles. The van der Waals surface area contributed by atoms with Crippen LogP contribution in [0.4, 0.5) is 13.2 Å². The van der Waals surface area contributed by atoms with Crippen LogP contribution < -0.4 is 4.74 Å². The Morgan fingerprint density at radius 2 is 1.75 bits per heavy atom. The van der Waals surface area contributed by atoms with Gasteiger partial charge in [0, 0.05) is 22.3 Å². The van der Waals surface area contributed by atoms with E-state index in [2.05, 4.69) is 70.7 Å². The van der Waals surface area contributed by atoms with Gasteiger partial charge in [0.15, 0.2) is 0 Å². The minimum Gasteiger partial charge on any atom is -0.496 e. The number of carboxylic acid groups (broad SMARTS) is 1. The lowest BCUT2D eigenvalue weighted by Gasteiger charge is -2.14. The van der Waals surface area contributed by atoms with Crippen molar-refractivity contribution in [2.45, 2.75) is 38.9 Å². The highest BCUT2D eigenvalue weighted by molar-refractivity contribution is 9.10. The third-order valence-electron chi connectivity index (χ3n) is 4.60. The maximum atomic E-state index is 10.6. The van der Waals surface area contributed by atoms with Crippen LogP contribution in [0.25, 0.3) is 11.3 Å². The van der Waals surface area contributed by atoms with Crippen molar-refractivity contribution in [2.75, 3.05) is 7.11 Å². The van der Waals surface area contributed by atoms with Crippen LogP contribution in [0.2, 0.25) is 0 Å². The summed E-state index contributed by atoms with van der Waals surface area (Å²) in [6.07, 6.45) is -2.21. The van der Waals surface area contributed by atoms with Gasteiger partial charge in [-0.15, -0.1) is 0 Å². The maximum Gasteiger partial charge on any atom is 0.490 e. The number of para-hydroxylation sites is 1. The van der Waals surface area contributed by atoms with Crippen molar-refractivity contribution in [2.24, 2.45) is 0 Å². The summed E-state index contributed by atoms with van der Waals surface area (Å²) in [4.78, 5) is 13.6. The lowest BCUT2D eigenvalue weighted by Crippen LogP contribution is -2.21. The summed E-state index contributed by atoms with van der Waals surface area (Å²) in [7, 11) is 1.72. The Balaban J connectivity index is 0.000000451. The standard InChI is InChI=1S/C21H23BrN2O.C2HF3O2/c1-15(2)21-20(17-8-10-18(22)11-9-17)23-14-24(21)13-12-16-6-4-5-7-19(16)25-3;3-2(4,5)1(6)7/h4-11,14-15H,12-13H2,1-3H3;(H,6,7). The van der Waals surface area contributed by atoms with Crippen molar-refractivity contribution in [3.05, 3.63) is 70.6 Å². The quantitative estimate of drug-likeness (QED) is 0.419. The van der Waals surface area contributed by atoms with E-state index in [1.54, 1.807) is 7.11 Å². The zero-order valence-electron chi connectivity index (χ0n) is 17.9. The first-order chi connectivity index (χ1) is 15.0. The molecule has 1 N–H and O–H groups in total. The fraction of sp³-hybridized carbons (Fsp3) is 0.304. The number of rotatable bonds is 6. The zero-order chi connectivity index (χ0) is 23.9. The largest absolute Gasteiger partial charge is 0.496 e. The number of halogens is 4. The van der Waals surface area contributed by atoms with Crippen LogP contribution >= 0.6 is 15.9 Å². The SMILES string of the molecule is COc1ccccc1CCn1cnc(-c2ccc(Br)cc2)c1C(C)C.O=C(O)C(F)(F)F. The molecule has 172 valence electrons. The number of benzene rings is 2. The molecule has 0 radical (unpaired) electrons. The van der Waals surface area contributed by atoms with Gasteiger partial charge in [-0.3, -0.25) is 0 Å². The number of carboxylic acids is 1. The topological polar surface area (TPSA) is 64.4 Å². The van der Waals surface area contributed by atoms with Gasteiger partial charge in [0.25, 0.3) is 0 Å². The molecule has 9 heteroatoms. The van der Waals surface area contributed by atoms with Crippen molar-refractivity contribution < 1.29 is 27.8 Å². The highest BCUT2D eigenvalue weighted by Gasteiger charge is 2.38. The van der Waals surface area contributed by atoms with Crippen LogP contribution in [0.1, 0.15) is 31.0 Å². The van der Waals surface area contributed by atoms with E-state index in [1.165, 1.54) is 11.3 Å². The van der Waals surface area contributed by atoms with E-state index in [1.807, 2.05) is 18.5 Å². The van der Waals surface area contributed by atoms with Crippen LogP contribution in [-0.2, 0) is 17.8 Å². The Hall–Kier alpha value is -2.81. The number of hydrogen-bond donors (Lipinski definition) is 1. The molecule has 0 spiro atoms. The molecule has 0 saturated carbocycles. The number of carbonyl (C=O) groups is 1. The molecular weight excluding hydrogens is 489 g/mol. The molecule has 0 aliphatic carbocycles. The van der Waals surface area contributed by atoms with Crippen LogP contribution in [0, 0.1) is 0 Å². The predicted molar refractivity (Wildman–Crippen MR) is 120 cm³/mol. The molecule has 5 nitrogen and oxygen atoms in total. The number of hydrogen-bond acceptors (Lipinski definition) is 3. The van der Waals surface area contributed by atoms with Gasteiger partial charge < -0.3 is 14.4 Å². The first kappa shape index (κ1) is 25.5. The molecule has 0 unspecified atom stereocenters. The van der Waals surface area contributed by atoms with Crippen LogP contribution in [0.15, 0.2) is 59.3 Å². The smallest absolute Gasteiger partial charge is 0.490 e. The highest BCUT2D eigenvalue weighted by Crippen LogP contribution is 2.29. The van der Waals surface area contributed by atoms with Crippen molar-refractivity contribution in [3.8, 4) is 17.0 Å². The summed E-state index contributed by atoms with van der Waals surface area (Å²) in [6, 6.07) is 16.6. The molecule has 2 aromatic carbocycles. The lowest BCUT2D eigenvalue weighted by molar-refractivity contribution is -0.192. The first-order valence-electron chi connectivity index (χ1n) is 9.77. The van der Waals surface area contributed by atoms with E-state index in [9.17, 15) is 13.2 Å². The summed E-state index contributed by atoms with van der Waals surface area (Å²) in [6.45, 7) is 5.33. The average molecular weight is 513 g/mol. The van der Waals surface area contributed by atoms with Crippen LogP contribution in [0.5, 0.6) is 5.75 Å². The molecule has 0 amide bonds. The molecule has 0 atom stereocenters. The Bertz CT molecular complexity index is 1030.